The number of hydrogen-bond acceptors (Lipinski definition) is 5. The lowest BCUT2D eigenvalue weighted by atomic mass is 10.2. The Morgan fingerprint density at radius 1 is 1.63 bits per heavy atom. The number of hydrogen-bond donors (Lipinski definition) is 4. The fourth-order valence-electron chi connectivity index (χ4n) is 1.22. The highest BCUT2D eigenvalue weighted by molar-refractivity contribution is 7.16. The molecule has 0 bridgehead atoms. The van der Waals surface area contributed by atoms with Gasteiger partial charge in [0.05, 0.1) is 16.9 Å². The van der Waals surface area contributed by atoms with Gasteiger partial charge in [0.15, 0.2) is 0 Å². The van der Waals surface area contributed by atoms with E-state index < -0.39 is 0 Å². The van der Waals surface area contributed by atoms with E-state index >= 15 is 0 Å². The van der Waals surface area contributed by atoms with E-state index in [2.05, 4.69) is 10.6 Å². The Morgan fingerprint density at radius 3 is 2.58 bits per heavy atom. The number of nitrogens with one attached hydrogen (secondary N) is 3. The van der Waals surface area contributed by atoms with E-state index in [-0.39, 0.29) is 18.4 Å². The minimum atomic E-state index is -0.00724. The molecule has 0 aliphatic carbocycles. The van der Waals surface area contributed by atoms with Crippen LogP contribution < -0.4 is 16.1 Å². The van der Waals surface area contributed by atoms with Crippen molar-refractivity contribution in [3.05, 3.63) is 20.8 Å². The Balaban J connectivity index is 0.000000711. The normalized spacial score (nSPS) is 11.0. The molecule has 2 amide bonds. The number of carbonyl (C=O) groups excluding carboxylic acids is 2. The number of thiophene rings is 1. The summed E-state index contributed by atoms with van der Waals surface area (Å²) in [5, 5.41) is 13.0. The average molecular weight is 308 g/mol. The number of aryl methyl sites for hydroxylation is 1. The maximum absolute atomic E-state index is 11.3. The minimum Gasteiger partial charge on any atom is -0.348 e. The number of hydroxylamine groups is 1. The van der Waals surface area contributed by atoms with Crippen LogP contribution in [0.15, 0.2) is 6.07 Å². The number of carbonyl (C=O) groups is 2. The summed E-state index contributed by atoms with van der Waals surface area (Å²) < 4.78 is 0.791. The lowest BCUT2D eigenvalue weighted by Gasteiger charge is -2.11. The Morgan fingerprint density at radius 2 is 2.21 bits per heavy atom. The maximum atomic E-state index is 11.3. The fourth-order valence-corrected chi connectivity index (χ4v) is 2.44. The predicted molar refractivity (Wildman–Crippen MR) is 75.5 cm³/mol. The lowest BCUT2D eigenvalue weighted by molar-refractivity contribution is -0.120. The first-order valence-electron chi connectivity index (χ1n) is 5.49. The maximum Gasteiger partial charge on any atom is 0.234 e. The van der Waals surface area contributed by atoms with Crippen molar-refractivity contribution in [3.63, 3.8) is 0 Å². The Kier molecular flexibility index (Phi) is 9.15. The van der Waals surface area contributed by atoms with Gasteiger partial charge in [-0.1, -0.05) is 11.6 Å². The highest BCUT2D eigenvalue weighted by Crippen LogP contribution is 2.30. The highest BCUT2D eigenvalue weighted by Gasteiger charge is 2.12. The fraction of sp³-hybridized carbons (Fsp3) is 0.455. The third-order valence-corrected chi connectivity index (χ3v) is 3.81. The van der Waals surface area contributed by atoms with Gasteiger partial charge in [-0.05, 0) is 32.5 Å². The predicted octanol–water partition coefficient (Wildman–Crippen LogP) is 1.23. The van der Waals surface area contributed by atoms with Crippen molar-refractivity contribution in [1.29, 1.82) is 0 Å². The molecular formula is C11H18ClN3O3S. The van der Waals surface area contributed by atoms with Crippen LogP contribution in [0.25, 0.3) is 0 Å². The Hall–Kier alpha value is -1.15. The van der Waals surface area contributed by atoms with Crippen molar-refractivity contribution >= 4 is 35.3 Å². The summed E-state index contributed by atoms with van der Waals surface area (Å²) in [5.74, 6) is -0.00724. The third kappa shape index (κ3) is 7.12. The zero-order chi connectivity index (χ0) is 14.8. The molecule has 1 aromatic rings. The van der Waals surface area contributed by atoms with E-state index in [1.807, 2.05) is 19.9 Å². The molecule has 1 atom stereocenters. The van der Waals surface area contributed by atoms with Crippen molar-refractivity contribution in [2.45, 2.75) is 19.9 Å². The molecule has 6 nitrogen and oxygen atoms in total. The highest BCUT2D eigenvalue weighted by atomic mass is 35.5. The second kappa shape index (κ2) is 9.74. The van der Waals surface area contributed by atoms with Crippen molar-refractivity contribution < 1.29 is 14.8 Å². The van der Waals surface area contributed by atoms with E-state index in [9.17, 15) is 4.79 Å². The second-order valence-corrected chi connectivity index (χ2v) is 5.36. The van der Waals surface area contributed by atoms with E-state index in [4.69, 9.17) is 21.6 Å². The summed E-state index contributed by atoms with van der Waals surface area (Å²) in [4.78, 5) is 21.2. The van der Waals surface area contributed by atoms with Crippen LogP contribution in [0.2, 0.25) is 4.34 Å². The van der Waals surface area contributed by atoms with Gasteiger partial charge in [-0.3, -0.25) is 14.8 Å². The van der Waals surface area contributed by atoms with Gasteiger partial charge in [-0.2, -0.15) is 0 Å². The average Bonchev–Trinajstić information content (AvgIpc) is 2.70. The van der Waals surface area contributed by atoms with E-state index in [0.29, 0.717) is 6.54 Å². The molecular weight excluding hydrogens is 290 g/mol. The van der Waals surface area contributed by atoms with Crippen molar-refractivity contribution in [2.24, 2.45) is 0 Å². The van der Waals surface area contributed by atoms with Crippen molar-refractivity contribution in [3.8, 4) is 0 Å². The summed E-state index contributed by atoms with van der Waals surface area (Å²) in [5.41, 5.74) is 2.31. The SMILES string of the molecule is CNCC(=O)NC(C)c1cc(C)c(Cl)s1.O=CNO. The van der Waals surface area contributed by atoms with Crippen LogP contribution >= 0.6 is 22.9 Å². The third-order valence-electron chi connectivity index (χ3n) is 2.07. The van der Waals surface area contributed by atoms with Crippen LogP contribution in [0.5, 0.6) is 0 Å². The molecule has 0 radical (unpaired) electrons. The molecule has 0 aliphatic rings. The molecule has 0 saturated carbocycles. The summed E-state index contributed by atoms with van der Waals surface area (Å²) in [6.45, 7) is 4.25. The van der Waals surface area contributed by atoms with Gasteiger partial charge >= 0.3 is 0 Å². The molecule has 1 aromatic heterocycles. The topological polar surface area (TPSA) is 90.5 Å². The van der Waals surface area contributed by atoms with Crippen molar-refractivity contribution in [1.82, 2.24) is 16.1 Å². The quantitative estimate of drug-likeness (QED) is 0.374. The molecule has 4 N–H and O–H groups in total. The van der Waals surface area contributed by atoms with Crippen molar-refractivity contribution in [2.75, 3.05) is 13.6 Å². The second-order valence-electron chi connectivity index (χ2n) is 3.67. The molecule has 0 spiro atoms. The van der Waals surface area contributed by atoms with Crippen LogP contribution in [0, 0.1) is 6.92 Å². The first kappa shape index (κ1) is 17.8. The van der Waals surface area contributed by atoms with Gasteiger partial charge in [-0.15, -0.1) is 11.3 Å². The number of likely N-dealkylation sites (N-methyl/N-ethyl adjacent to an activating group) is 1. The van der Waals surface area contributed by atoms with Crippen LogP contribution in [0.3, 0.4) is 0 Å². The van der Waals surface area contributed by atoms with E-state index in [1.54, 1.807) is 7.05 Å². The molecule has 0 aliphatic heterocycles. The van der Waals surface area contributed by atoms with E-state index in [1.165, 1.54) is 16.8 Å². The van der Waals surface area contributed by atoms with Crippen LogP contribution in [0.1, 0.15) is 23.4 Å². The molecule has 8 heteroatoms. The molecule has 1 unspecified atom stereocenters. The van der Waals surface area contributed by atoms with Crippen LogP contribution in [-0.4, -0.2) is 31.1 Å². The molecule has 19 heavy (non-hydrogen) atoms. The monoisotopic (exact) mass is 307 g/mol. The van der Waals surface area contributed by atoms with Gasteiger partial charge in [0.1, 0.15) is 0 Å². The van der Waals surface area contributed by atoms with Gasteiger partial charge in [0.2, 0.25) is 12.3 Å². The summed E-state index contributed by atoms with van der Waals surface area (Å²) >= 11 is 7.48. The molecule has 1 heterocycles. The van der Waals surface area contributed by atoms with Crippen LogP contribution in [0.4, 0.5) is 0 Å². The summed E-state index contributed by atoms with van der Waals surface area (Å²) in [7, 11) is 1.75. The van der Waals surface area contributed by atoms with Gasteiger partial charge in [-0.25, -0.2) is 5.48 Å². The largest absolute Gasteiger partial charge is 0.348 e. The molecule has 0 fully saturated rings. The Labute approximate surface area is 121 Å². The van der Waals surface area contributed by atoms with E-state index in [0.717, 1.165) is 14.8 Å². The molecule has 1 rings (SSSR count). The zero-order valence-electron chi connectivity index (χ0n) is 11.0. The molecule has 0 aromatic carbocycles. The minimum absolute atomic E-state index is 0.00724. The van der Waals surface area contributed by atoms with Gasteiger partial charge in [0.25, 0.3) is 0 Å². The Bertz CT molecular complexity index is 392. The molecule has 0 saturated heterocycles. The van der Waals surface area contributed by atoms with Gasteiger partial charge in [0, 0.05) is 4.88 Å². The number of amides is 2. The first-order valence-corrected chi connectivity index (χ1v) is 6.68. The summed E-state index contributed by atoms with van der Waals surface area (Å²) in [6, 6.07) is 2.03. The number of rotatable bonds is 5. The number of halogens is 1. The standard InChI is InChI=1S/C10H15ClN2OS.CH3NO2/c1-6-4-8(15-10(6)11)7(2)13-9(14)5-12-3;3-1-2-4/h4,7,12H,5H2,1-3H3,(H,13,14);1,4H,(H,2,3). The molecule has 108 valence electrons. The first-order chi connectivity index (χ1) is 8.96. The smallest absolute Gasteiger partial charge is 0.234 e. The summed E-state index contributed by atoms with van der Waals surface area (Å²) in [6.07, 6.45) is 0.181. The zero-order valence-corrected chi connectivity index (χ0v) is 12.6. The lowest BCUT2D eigenvalue weighted by Crippen LogP contribution is -2.33. The van der Waals surface area contributed by atoms with Crippen LogP contribution in [-0.2, 0) is 9.59 Å². The van der Waals surface area contributed by atoms with Gasteiger partial charge < -0.3 is 10.6 Å².